The van der Waals surface area contributed by atoms with Gasteiger partial charge < -0.3 is 15.0 Å². The number of aliphatic hydroxyl groups excluding tert-OH is 1. The molecular formula is C21H21FN4O. The van der Waals surface area contributed by atoms with Crippen LogP contribution in [-0.4, -0.2) is 27.5 Å². The van der Waals surface area contributed by atoms with Gasteiger partial charge in [-0.15, -0.1) is 0 Å². The van der Waals surface area contributed by atoms with E-state index in [1.807, 2.05) is 24.3 Å². The second-order valence-electron chi connectivity index (χ2n) is 7.80. The van der Waals surface area contributed by atoms with Crippen molar-refractivity contribution in [2.24, 2.45) is 0 Å². The summed E-state index contributed by atoms with van der Waals surface area (Å²) in [5, 5.41) is 19.0. The lowest BCUT2D eigenvalue weighted by molar-refractivity contribution is 0.411. The average Bonchev–Trinajstić information content (AvgIpc) is 3.14. The van der Waals surface area contributed by atoms with E-state index >= 15 is 0 Å². The highest BCUT2D eigenvalue weighted by molar-refractivity contribution is 6.30. The van der Waals surface area contributed by atoms with Gasteiger partial charge in [0.15, 0.2) is 0 Å². The highest BCUT2D eigenvalue weighted by Gasteiger charge is 2.31. The van der Waals surface area contributed by atoms with Crippen LogP contribution in [0.15, 0.2) is 48.2 Å². The summed E-state index contributed by atoms with van der Waals surface area (Å²) < 4.78 is 13.4. The topological polar surface area (TPSA) is 76.0 Å². The normalized spacial score (nSPS) is 15.3. The van der Waals surface area contributed by atoms with Gasteiger partial charge in [0.25, 0.3) is 0 Å². The summed E-state index contributed by atoms with van der Waals surface area (Å²) >= 11 is 0. The number of rotatable bonds is 2. The van der Waals surface area contributed by atoms with Crippen LogP contribution in [0.25, 0.3) is 16.6 Å². The largest absolute Gasteiger partial charge is 0.509 e. The molecule has 0 aliphatic carbocycles. The van der Waals surface area contributed by atoms with Crippen molar-refractivity contribution in [1.29, 1.82) is 5.41 Å². The van der Waals surface area contributed by atoms with Crippen molar-refractivity contribution in [2.75, 3.05) is 11.4 Å². The minimum absolute atomic E-state index is 0.0478. The van der Waals surface area contributed by atoms with Crippen LogP contribution < -0.4 is 4.90 Å². The zero-order valence-electron chi connectivity index (χ0n) is 15.5. The number of aliphatic hydroxyl groups is 1. The molecule has 1 aliphatic rings. The van der Waals surface area contributed by atoms with Gasteiger partial charge in [0.2, 0.25) is 0 Å². The fourth-order valence-corrected chi connectivity index (χ4v) is 3.29. The number of benzene rings is 2. The van der Waals surface area contributed by atoms with Gasteiger partial charge in [-0.1, -0.05) is 32.9 Å². The SMILES string of the molecule is CC(C)(C)c1ccc(N2CC(O)=C(c3nc4ccc(F)cc4[nH]3)C2=N)cc1. The van der Waals surface area contributed by atoms with E-state index in [-0.39, 0.29) is 29.4 Å². The quantitative estimate of drug-likeness (QED) is 0.613. The Hall–Kier alpha value is -3.15. The monoisotopic (exact) mass is 364 g/mol. The lowest BCUT2D eigenvalue weighted by Crippen LogP contribution is -2.26. The third-order valence-electron chi connectivity index (χ3n) is 4.83. The maximum Gasteiger partial charge on any atom is 0.145 e. The van der Waals surface area contributed by atoms with Crippen LogP contribution in [0.4, 0.5) is 10.1 Å². The van der Waals surface area contributed by atoms with E-state index in [4.69, 9.17) is 5.41 Å². The van der Waals surface area contributed by atoms with E-state index < -0.39 is 0 Å². The third-order valence-corrected chi connectivity index (χ3v) is 4.83. The summed E-state index contributed by atoms with van der Waals surface area (Å²) in [6, 6.07) is 12.3. The van der Waals surface area contributed by atoms with Gasteiger partial charge in [-0.25, -0.2) is 9.37 Å². The minimum atomic E-state index is -0.363. The van der Waals surface area contributed by atoms with Crippen LogP contribution in [0.5, 0.6) is 0 Å². The summed E-state index contributed by atoms with van der Waals surface area (Å²) in [6.07, 6.45) is 0. The fourth-order valence-electron chi connectivity index (χ4n) is 3.29. The summed E-state index contributed by atoms with van der Waals surface area (Å²) in [5.41, 5.74) is 3.54. The Bertz CT molecular complexity index is 1070. The van der Waals surface area contributed by atoms with Crippen molar-refractivity contribution >= 4 is 28.1 Å². The molecule has 0 fully saturated rings. The van der Waals surface area contributed by atoms with E-state index in [9.17, 15) is 9.50 Å². The fraction of sp³-hybridized carbons (Fsp3) is 0.238. The van der Waals surface area contributed by atoms with Crippen molar-refractivity contribution < 1.29 is 9.50 Å². The van der Waals surface area contributed by atoms with E-state index in [1.165, 1.54) is 17.7 Å². The number of nitrogens with one attached hydrogen (secondary N) is 2. The number of aromatic amines is 1. The van der Waals surface area contributed by atoms with Crippen molar-refractivity contribution in [3.05, 3.63) is 65.4 Å². The molecule has 0 radical (unpaired) electrons. The number of imidazole rings is 1. The number of hydrogen-bond donors (Lipinski definition) is 3. The summed E-state index contributed by atoms with van der Waals surface area (Å²) in [6.45, 7) is 6.65. The average molecular weight is 364 g/mol. The smallest absolute Gasteiger partial charge is 0.145 e. The van der Waals surface area contributed by atoms with Gasteiger partial charge >= 0.3 is 0 Å². The first-order chi connectivity index (χ1) is 12.7. The predicted molar refractivity (Wildman–Crippen MR) is 106 cm³/mol. The second kappa shape index (κ2) is 5.94. The Labute approximate surface area is 156 Å². The molecule has 0 atom stereocenters. The minimum Gasteiger partial charge on any atom is -0.509 e. The van der Waals surface area contributed by atoms with E-state index in [0.29, 0.717) is 22.4 Å². The molecule has 6 heteroatoms. The van der Waals surface area contributed by atoms with Gasteiger partial charge in [0.1, 0.15) is 23.2 Å². The lowest BCUT2D eigenvalue weighted by atomic mass is 9.87. The Morgan fingerprint density at radius 1 is 1.15 bits per heavy atom. The first-order valence-electron chi connectivity index (χ1n) is 8.79. The highest BCUT2D eigenvalue weighted by atomic mass is 19.1. The third kappa shape index (κ3) is 2.97. The molecule has 3 aromatic rings. The van der Waals surface area contributed by atoms with Gasteiger partial charge in [-0.2, -0.15) is 0 Å². The predicted octanol–water partition coefficient (Wildman–Crippen LogP) is 4.77. The Kier molecular flexibility index (Phi) is 3.80. The summed E-state index contributed by atoms with van der Waals surface area (Å²) in [5.74, 6) is 0.236. The van der Waals surface area contributed by atoms with Crippen LogP contribution in [0, 0.1) is 11.2 Å². The van der Waals surface area contributed by atoms with Crippen molar-refractivity contribution in [3.8, 4) is 0 Å². The molecule has 0 saturated carbocycles. The highest BCUT2D eigenvalue weighted by Crippen LogP contribution is 2.32. The number of H-pyrrole nitrogens is 1. The first kappa shape index (κ1) is 17.3. The number of nitrogens with zero attached hydrogens (tertiary/aromatic N) is 2. The molecule has 4 rings (SSSR count). The molecule has 1 aliphatic heterocycles. The zero-order chi connectivity index (χ0) is 19.3. The van der Waals surface area contributed by atoms with Gasteiger partial charge in [0, 0.05) is 5.69 Å². The van der Waals surface area contributed by atoms with Crippen molar-refractivity contribution in [3.63, 3.8) is 0 Å². The number of hydrogen-bond acceptors (Lipinski definition) is 3. The number of amidine groups is 1. The Morgan fingerprint density at radius 2 is 1.85 bits per heavy atom. The number of fused-ring (bicyclic) bond motifs is 1. The standard InChI is InChI=1S/C21H21FN4O/c1-21(2,3)12-4-7-14(8-5-12)26-11-17(27)18(19(26)23)20-24-15-9-6-13(22)10-16(15)25-20/h4-10,23,27H,11H2,1-3H3,(H,24,25). The molecule has 0 spiro atoms. The van der Waals surface area contributed by atoms with Crippen LogP contribution in [-0.2, 0) is 5.41 Å². The molecule has 138 valence electrons. The molecular weight excluding hydrogens is 343 g/mol. The lowest BCUT2D eigenvalue weighted by Gasteiger charge is -2.22. The summed E-state index contributed by atoms with van der Waals surface area (Å²) in [7, 11) is 0. The number of aromatic nitrogens is 2. The van der Waals surface area contributed by atoms with Gasteiger partial charge in [-0.3, -0.25) is 5.41 Å². The maximum atomic E-state index is 13.4. The molecule has 0 bridgehead atoms. The second-order valence-corrected chi connectivity index (χ2v) is 7.80. The molecule has 2 aromatic carbocycles. The first-order valence-corrected chi connectivity index (χ1v) is 8.79. The Morgan fingerprint density at radius 3 is 2.52 bits per heavy atom. The van der Waals surface area contributed by atoms with Crippen molar-refractivity contribution in [2.45, 2.75) is 26.2 Å². The van der Waals surface area contributed by atoms with Crippen molar-refractivity contribution in [1.82, 2.24) is 9.97 Å². The molecule has 0 amide bonds. The van der Waals surface area contributed by atoms with E-state index in [2.05, 4.69) is 30.7 Å². The molecule has 0 saturated heterocycles. The van der Waals surface area contributed by atoms with Gasteiger partial charge in [0.05, 0.1) is 23.2 Å². The van der Waals surface area contributed by atoms with Crippen LogP contribution >= 0.6 is 0 Å². The zero-order valence-corrected chi connectivity index (χ0v) is 15.5. The van der Waals surface area contributed by atoms with Crippen LogP contribution in [0.3, 0.4) is 0 Å². The number of halogens is 1. The van der Waals surface area contributed by atoms with Gasteiger partial charge in [-0.05, 0) is 41.3 Å². The molecule has 2 heterocycles. The number of anilines is 1. The molecule has 3 N–H and O–H groups in total. The molecule has 5 nitrogen and oxygen atoms in total. The maximum absolute atomic E-state index is 13.4. The molecule has 27 heavy (non-hydrogen) atoms. The van der Waals surface area contributed by atoms with Crippen LogP contribution in [0.1, 0.15) is 32.2 Å². The van der Waals surface area contributed by atoms with Crippen LogP contribution in [0.2, 0.25) is 0 Å². The molecule has 1 aromatic heterocycles. The van der Waals surface area contributed by atoms with E-state index in [0.717, 1.165) is 5.69 Å². The van der Waals surface area contributed by atoms with E-state index in [1.54, 1.807) is 11.0 Å². The summed E-state index contributed by atoms with van der Waals surface area (Å²) in [4.78, 5) is 9.13. The Balaban J connectivity index is 1.66. The molecule has 0 unspecified atom stereocenters.